The number of aliphatic imine (C=N–C) groups is 1. The molecule has 4 nitrogen and oxygen atoms in total. The van der Waals surface area contributed by atoms with Gasteiger partial charge in [0, 0.05) is 17.4 Å². The van der Waals surface area contributed by atoms with Crippen molar-refractivity contribution in [2.75, 3.05) is 0 Å². The predicted molar refractivity (Wildman–Crippen MR) is 120 cm³/mol. The first kappa shape index (κ1) is 22.1. The minimum atomic E-state index is -0.0448. The molecule has 0 N–H and O–H groups in total. The van der Waals surface area contributed by atoms with Gasteiger partial charge < -0.3 is 9.30 Å². The van der Waals surface area contributed by atoms with Crippen LogP contribution in [0.3, 0.4) is 0 Å². The van der Waals surface area contributed by atoms with Crippen LogP contribution in [0.25, 0.3) is 0 Å². The molecule has 1 atom stereocenters. The van der Waals surface area contributed by atoms with Crippen LogP contribution < -0.4 is 4.74 Å². The summed E-state index contributed by atoms with van der Waals surface area (Å²) in [5.74, 6) is 0.708. The molecule has 0 amide bonds. The van der Waals surface area contributed by atoms with Crippen molar-refractivity contribution in [2.45, 2.75) is 32.4 Å². The molecule has 1 heterocycles. The third-order valence-corrected chi connectivity index (χ3v) is 4.56. The number of thiocarbonyl (C=S) groups is 1. The van der Waals surface area contributed by atoms with Gasteiger partial charge in [-0.3, -0.25) is 0 Å². The van der Waals surface area contributed by atoms with Crippen LogP contribution in [0.5, 0.6) is 5.75 Å². The van der Waals surface area contributed by atoms with Crippen LogP contribution in [0, 0.1) is 6.92 Å². The van der Waals surface area contributed by atoms with Gasteiger partial charge in [0.2, 0.25) is 0 Å². The van der Waals surface area contributed by atoms with E-state index in [1.807, 2.05) is 60.2 Å². The standard InChI is InChI=1S/C21H20ClN3OS.ClH/c1-16-2-9-21(20(12-16)24-15-27)26-19(13-25-11-10-23-14-25)8-5-17-3-6-18(22)7-4-17;/h2-4,6-7,9-12,14,19H,5,8,13H2,1H3;1H. The van der Waals surface area contributed by atoms with Gasteiger partial charge in [0.25, 0.3) is 0 Å². The molecule has 146 valence electrons. The minimum absolute atomic E-state index is 0. The lowest BCUT2D eigenvalue weighted by molar-refractivity contribution is 0.171. The van der Waals surface area contributed by atoms with Crippen molar-refractivity contribution in [3.63, 3.8) is 0 Å². The lowest BCUT2D eigenvalue weighted by Gasteiger charge is -2.21. The van der Waals surface area contributed by atoms with E-state index in [4.69, 9.17) is 28.6 Å². The smallest absolute Gasteiger partial charge is 0.146 e. The molecular weight excluding hydrogens is 413 g/mol. The first-order valence-electron chi connectivity index (χ1n) is 8.69. The Morgan fingerprint density at radius 1 is 1.25 bits per heavy atom. The molecule has 3 aromatic rings. The molecule has 28 heavy (non-hydrogen) atoms. The van der Waals surface area contributed by atoms with Crippen molar-refractivity contribution >= 4 is 47.1 Å². The van der Waals surface area contributed by atoms with Crippen molar-refractivity contribution in [3.05, 3.63) is 77.3 Å². The number of benzene rings is 2. The zero-order valence-corrected chi connectivity index (χ0v) is 17.8. The van der Waals surface area contributed by atoms with Crippen molar-refractivity contribution in [1.82, 2.24) is 9.55 Å². The number of nitrogens with zero attached hydrogens (tertiary/aromatic N) is 3. The van der Waals surface area contributed by atoms with E-state index < -0.39 is 0 Å². The summed E-state index contributed by atoms with van der Waals surface area (Å²) in [5.41, 5.74) is 3.02. The average molecular weight is 434 g/mol. The third-order valence-electron chi connectivity index (χ3n) is 4.22. The molecular formula is C21H21Cl2N3OS. The number of aromatic nitrogens is 2. The van der Waals surface area contributed by atoms with E-state index in [9.17, 15) is 0 Å². The van der Waals surface area contributed by atoms with Crippen LogP contribution in [0.4, 0.5) is 5.69 Å². The highest BCUT2D eigenvalue weighted by Crippen LogP contribution is 2.30. The fourth-order valence-electron chi connectivity index (χ4n) is 2.84. The van der Waals surface area contributed by atoms with Gasteiger partial charge in [-0.2, -0.15) is 4.99 Å². The van der Waals surface area contributed by atoms with Crippen LogP contribution in [0.15, 0.2) is 66.2 Å². The van der Waals surface area contributed by atoms with Gasteiger partial charge in [0.1, 0.15) is 17.5 Å². The van der Waals surface area contributed by atoms with Crippen LogP contribution in [0.2, 0.25) is 5.02 Å². The molecule has 7 heteroatoms. The molecule has 3 rings (SSSR count). The normalized spacial score (nSPS) is 11.2. The highest BCUT2D eigenvalue weighted by atomic mass is 35.5. The first-order valence-corrected chi connectivity index (χ1v) is 9.48. The molecule has 0 aliphatic carbocycles. The molecule has 0 aliphatic rings. The van der Waals surface area contributed by atoms with Crippen LogP contribution in [-0.2, 0) is 13.0 Å². The topological polar surface area (TPSA) is 39.4 Å². The van der Waals surface area contributed by atoms with Gasteiger partial charge in [-0.05, 0) is 67.4 Å². The van der Waals surface area contributed by atoms with Gasteiger partial charge >= 0.3 is 0 Å². The van der Waals surface area contributed by atoms with Gasteiger partial charge in [0.05, 0.1) is 18.0 Å². The quantitative estimate of drug-likeness (QED) is 0.319. The molecule has 2 aromatic carbocycles. The maximum absolute atomic E-state index is 6.32. The Bertz CT molecular complexity index is 923. The number of hydrogen-bond donors (Lipinski definition) is 0. The predicted octanol–water partition coefficient (Wildman–Crippen LogP) is 6.08. The highest BCUT2D eigenvalue weighted by molar-refractivity contribution is 7.78. The van der Waals surface area contributed by atoms with E-state index in [0.717, 1.165) is 23.4 Å². The summed E-state index contributed by atoms with van der Waals surface area (Å²) in [5, 5.41) is 3.18. The van der Waals surface area contributed by atoms with Gasteiger partial charge in [-0.1, -0.05) is 29.8 Å². The minimum Gasteiger partial charge on any atom is -0.486 e. The number of rotatable bonds is 8. The van der Waals surface area contributed by atoms with Crippen molar-refractivity contribution in [3.8, 4) is 5.75 Å². The maximum Gasteiger partial charge on any atom is 0.146 e. The summed E-state index contributed by atoms with van der Waals surface area (Å²) in [6.07, 6.45) is 7.18. The number of hydrogen-bond acceptors (Lipinski definition) is 4. The fourth-order valence-corrected chi connectivity index (χ4v) is 3.06. The fraction of sp³-hybridized carbons (Fsp3) is 0.238. The second kappa shape index (κ2) is 11.0. The Morgan fingerprint density at radius 2 is 2.04 bits per heavy atom. The second-order valence-electron chi connectivity index (χ2n) is 6.34. The van der Waals surface area contributed by atoms with E-state index in [1.54, 1.807) is 12.5 Å². The molecule has 0 bridgehead atoms. The second-order valence-corrected chi connectivity index (χ2v) is 6.96. The highest BCUT2D eigenvalue weighted by Gasteiger charge is 2.14. The lowest BCUT2D eigenvalue weighted by atomic mass is 10.1. The summed E-state index contributed by atoms with van der Waals surface area (Å²) >= 11 is 10.8. The lowest BCUT2D eigenvalue weighted by Crippen LogP contribution is -2.23. The molecule has 0 fully saturated rings. The zero-order valence-electron chi connectivity index (χ0n) is 15.4. The molecule has 0 spiro atoms. The summed E-state index contributed by atoms with van der Waals surface area (Å²) in [6.45, 7) is 2.71. The molecule has 1 aromatic heterocycles. The van der Waals surface area contributed by atoms with Crippen LogP contribution in [-0.4, -0.2) is 20.8 Å². The summed E-state index contributed by atoms with van der Waals surface area (Å²) in [6, 6.07) is 13.8. The van der Waals surface area contributed by atoms with E-state index in [1.165, 1.54) is 5.56 Å². The molecule has 0 aliphatic heterocycles. The Kier molecular flexibility index (Phi) is 8.68. The number of ether oxygens (including phenoxy) is 1. The van der Waals surface area contributed by atoms with E-state index >= 15 is 0 Å². The van der Waals surface area contributed by atoms with Gasteiger partial charge in [0.15, 0.2) is 0 Å². The first-order chi connectivity index (χ1) is 13.1. The van der Waals surface area contributed by atoms with Crippen LogP contribution in [0.1, 0.15) is 17.5 Å². The molecule has 0 saturated carbocycles. The molecule has 0 radical (unpaired) electrons. The maximum atomic E-state index is 6.32. The molecule has 0 saturated heterocycles. The Labute approximate surface area is 181 Å². The monoisotopic (exact) mass is 433 g/mol. The van der Waals surface area contributed by atoms with E-state index in [2.05, 4.69) is 15.1 Å². The SMILES string of the molecule is Cc1ccc(OC(CCc2ccc(Cl)cc2)Cn2ccnc2)c(N=C=S)c1.Cl. The molecule has 1 unspecified atom stereocenters. The van der Waals surface area contributed by atoms with Gasteiger partial charge in [-0.25, -0.2) is 4.98 Å². The summed E-state index contributed by atoms with van der Waals surface area (Å²) in [4.78, 5) is 8.27. The number of aryl methyl sites for hydroxylation is 2. The summed E-state index contributed by atoms with van der Waals surface area (Å²) < 4.78 is 8.33. The average Bonchev–Trinajstić information content (AvgIpc) is 3.16. The number of isothiocyanates is 1. The Morgan fingerprint density at radius 3 is 2.71 bits per heavy atom. The van der Waals surface area contributed by atoms with Crippen molar-refractivity contribution in [2.24, 2.45) is 4.99 Å². The summed E-state index contributed by atoms with van der Waals surface area (Å²) in [7, 11) is 0. The van der Waals surface area contributed by atoms with Crippen LogP contribution >= 0.6 is 36.2 Å². The number of imidazole rings is 1. The van der Waals surface area contributed by atoms with Crippen molar-refractivity contribution < 1.29 is 4.74 Å². The largest absolute Gasteiger partial charge is 0.486 e. The van der Waals surface area contributed by atoms with E-state index in [0.29, 0.717) is 18.0 Å². The Balaban J connectivity index is 0.00000280. The van der Waals surface area contributed by atoms with Gasteiger partial charge in [-0.15, -0.1) is 12.4 Å². The Hall–Kier alpha value is -2.17. The third kappa shape index (κ3) is 6.47. The van der Waals surface area contributed by atoms with Crippen molar-refractivity contribution in [1.29, 1.82) is 0 Å². The van der Waals surface area contributed by atoms with E-state index in [-0.39, 0.29) is 18.5 Å². The number of halogens is 2. The zero-order chi connectivity index (χ0) is 19.1.